The van der Waals surface area contributed by atoms with Crippen LogP contribution < -0.4 is 5.32 Å². The predicted molar refractivity (Wildman–Crippen MR) is 117 cm³/mol. The average Bonchev–Trinajstić information content (AvgIpc) is 2.76. The highest BCUT2D eigenvalue weighted by atomic mass is 35.5. The number of carbonyl (C=O) groups is 1. The fraction of sp³-hybridized carbons (Fsp3) is 0.238. The number of fused-ring (bicyclic) bond motifs is 1. The van der Waals surface area contributed by atoms with E-state index in [4.69, 9.17) is 11.6 Å². The van der Waals surface area contributed by atoms with Crippen LogP contribution in [0, 0.1) is 6.92 Å². The summed E-state index contributed by atoms with van der Waals surface area (Å²) in [5, 5.41) is 4.72. The van der Waals surface area contributed by atoms with E-state index >= 15 is 0 Å². The van der Waals surface area contributed by atoms with Crippen molar-refractivity contribution in [2.75, 3.05) is 31.5 Å². The number of rotatable bonds is 3. The molecule has 0 saturated carbocycles. The van der Waals surface area contributed by atoms with E-state index in [1.54, 1.807) is 41.6 Å². The van der Waals surface area contributed by atoms with Gasteiger partial charge >= 0.3 is 6.03 Å². The van der Waals surface area contributed by atoms with Gasteiger partial charge in [-0.05, 0) is 30.7 Å². The monoisotopic (exact) mass is 444 g/mol. The summed E-state index contributed by atoms with van der Waals surface area (Å²) in [4.78, 5) is 18.6. The summed E-state index contributed by atoms with van der Waals surface area (Å²) in [6.45, 7) is 2.89. The van der Waals surface area contributed by atoms with Gasteiger partial charge in [-0.2, -0.15) is 4.31 Å². The number of carbonyl (C=O) groups excluding carboxylic acids is 1. The first-order valence-corrected chi connectivity index (χ1v) is 11.3. The van der Waals surface area contributed by atoms with Gasteiger partial charge in [-0.1, -0.05) is 35.9 Å². The van der Waals surface area contributed by atoms with Crippen molar-refractivity contribution in [3.63, 3.8) is 0 Å². The Bertz CT molecular complexity index is 1180. The van der Waals surface area contributed by atoms with Crippen molar-refractivity contribution in [3.8, 4) is 0 Å². The number of anilines is 1. The number of hydrogen-bond acceptors (Lipinski definition) is 4. The third kappa shape index (κ3) is 3.86. The molecular weight excluding hydrogens is 424 g/mol. The van der Waals surface area contributed by atoms with Gasteiger partial charge in [0.05, 0.1) is 15.6 Å². The Morgan fingerprint density at radius 1 is 1.07 bits per heavy atom. The van der Waals surface area contributed by atoms with E-state index in [1.807, 2.05) is 25.1 Å². The van der Waals surface area contributed by atoms with Gasteiger partial charge in [0.15, 0.2) is 0 Å². The predicted octanol–water partition coefficient (Wildman–Crippen LogP) is 3.74. The molecule has 4 rings (SSSR count). The zero-order valence-corrected chi connectivity index (χ0v) is 17.9. The Labute approximate surface area is 180 Å². The van der Waals surface area contributed by atoms with Gasteiger partial charge in [-0.3, -0.25) is 4.98 Å². The molecule has 0 bridgehead atoms. The Morgan fingerprint density at radius 3 is 2.53 bits per heavy atom. The smallest absolute Gasteiger partial charge is 0.321 e. The van der Waals surface area contributed by atoms with Crippen LogP contribution in [0.3, 0.4) is 0 Å². The first-order chi connectivity index (χ1) is 14.4. The van der Waals surface area contributed by atoms with Gasteiger partial charge in [-0.15, -0.1) is 0 Å². The zero-order chi connectivity index (χ0) is 21.3. The van der Waals surface area contributed by atoms with E-state index in [0.717, 1.165) is 10.9 Å². The molecule has 30 heavy (non-hydrogen) atoms. The fourth-order valence-electron chi connectivity index (χ4n) is 3.56. The molecule has 1 saturated heterocycles. The number of halogens is 1. The van der Waals surface area contributed by atoms with Crippen LogP contribution in [0.25, 0.3) is 10.8 Å². The number of pyridine rings is 1. The van der Waals surface area contributed by atoms with Gasteiger partial charge in [0.1, 0.15) is 0 Å². The summed E-state index contributed by atoms with van der Waals surface area (Å²) in [6.07, 6.45) is 3.23. The normalized spacial score (nSPS) is 15.3. The van der Waals surface area contributed by atoms with Crippen molar-refractivity contribution in [1.82, 2.24) is 14.2 Å². The molecule has 3 aromatic rings. The maximum atomic E-state index is 13.2. The van der Waals surface area contributed by atoms with Gasteiger partial charge in [0, 0.05) is 49.3 Å². The van der Waals surface area contributed by atoms with Crippen molar-refractivity contribution >= 4 is 44.1 Å². The van der Waals surface area contributed by atoms with E-state index in [1.165, 1.54) is 4.31 Å². The van der Waals surface area contributed by atoms with Crippen LogP contribution in [0.1, 0.15) is 5.56 Å². The number of aromatic nitrogens is 1. The minimum absolute atomic E-state index is 0.221. The highest BCUT2D eigenvalue weighted by Crippen LogP contribution is 2.27. The number of hydrogen-bond donors (Lipinski definition) is 1. The molecule has 156 valence electrons. The van der Waals surface area contributed by atoms with Crippen LogP contribution in [0.4, 0.5) is 10.5 Å². The number of para-hydroxylation sites is 1. The van der Waals surface area contributed by atoms with Crippen LogP contribution in [-0.2, 0) is 10.0 Å². The summed E-state index contributed by atoms with van der Waals surface area (Å²) in [5.74, 6) is 0. The Balaban J connectivity index is 1.48. The topological polar surface area (TPSA) is 82.6 Å². The minimum Gasteiger partial charge on any atom is -0.322 e. The maximum absolute atomic E-state index is 13.2. The molecular formula is C21H21ClN4O3S. The lowest BCUT2D eigenvalue weighted by Crippen LogP contribution is -2.51. The molecule has 1 aliphatic rings. The van der Waals surface area contributed by atoms with Crippen LogP contribution >= 0.6 is 11.6 Å². The maximum Gasteiger partial charge on any atom is 0.321 e. The summed E-state index contributed by atoms with van der Waals surface area (Å²) < 4.78 is 27.9. The van der Waals surface area contributed by atoms with Crippen molar-refractivity contribution in [1.29, 1.82) is 0 Å². The van der Waals surface area contributed by atoms with E-state index in [9.17, 15) is 13.2 Å². The van der Waals surface area contributed by atoms with Crippen LogP contribution in [-0.4, -0.2) is 54.8 Å². The SMILES string of the molecule is Cc1cccc(Cl)c1NC(=O)N1CCN(S(=O)(=O)c2cccc3cnccc23)CC1. The Morgan fingerprint density at radius 2 is 1.80 bits per heavy atom. The fourth-order valence-corrected chi connectivity index (χ4v) is 5.47. The van der Waals surface area contributed by atoms with Gasteiger partial charge in [0.2, 0.25) is 10.0 Å². The summed E-state index contributed by atoms with van der Waals surface area (Å²) in [5.41, 5.74) is 1.44. The number of aryl methyl sites for hydroxylation is 1. The van der Waals surface area contributed by atoms with Crippen LogP contribution in [0.5, 0.6) is 0 Å². The van der Waals surface area contributed by atoms with E-state index < -0.39 is 10.0 Å². The highest BCUT2D eigenvalue weighted by Gasteiger charge is 2.31. The van der Waals surface area contributed by atoms with Gasteiger partial charge in [0.25, 0.3) is 0 Å². The zero-order valence-electron chi connectivity index (χ0n) is 16.4. The molecule has 0 aliphatic carbocycles. The molecule has 2 amide bonds. The van der Waals surface area contributed by atoms with E-state index in [-0.39, 0.29) is 24.0 Å². The van der Waals surface area contributed by atoms with Crippen molar-refractivity contribution in [2.24, 2.45) is 0 Å². The molecule has 2 heterocycles. The second-order valence-electron chi connectivity index (χ2n) is 7.11. The van der Waals surface area contributed by atoms with Crippen LogP contribution in [0.15, 0.2) is 59.8 Å². The Kier molecular flexibility index (Phi) is 5.64. The first-order valence-electron chi connectivity index (χ1n) is 9.52. The third-order valence-electron chi connectivity index (χ3n) is 5.24. The standard InChI is InChI=1S/C21H21ClN4O3S/c1-15-4-2-6-18(22)20(15)24-21(27)25-10-12-26(13-11-25)30(28,29)19-7-3-5-16-14-23-9-8-17(16)19/h2-9,14H,10-13H2,1H3,(H,24,27). The number of piperazine rings is 1. The molecule has 0 unspecified atom stereocenters. The van der Waals surface area contributed by atoms with E-state index in [0.29, 0.717) is 29.2 Å². The van der Waals surface area contributed by atoms with Gasteiger partial charge < -0.3 is 10.2 Å². The first kappa shape index (κ1) is 20.6. The second kappa shape index (κ2) is 8.22. The lowest BCUT2D eigenvalue weighted by atomic mass is 10.2. The number of nitrogens with zero attached hydrogens (tertiary/aromatic N) is 3. The molecule has 1 aromatic heterocycles. The highest BCUT2D eigenvalue weighted by molar-refractivity contribution is 7.89. The average molecular weight is 445 g/mol. The molecule has 0 spiro atoms. The number of sulfonamides is 1. The molecule has 1 aliphatic heterocycles. The summed E-state index contributed by atoms with van der Waals surface area (Å²) >= 11 is 6.19. The molecule has 2 aromatic carbocycles. The van der Waals surface area contributed by atoms with Crippen molar-refractivity contribution < 1.29 is 13.2 Å². The molecule has 9 heteroatoms. The third-order valence-corrected chi connectivity index (χ3v) is 7.51. The van der Waals surface area contributed by atoms with E-state index in [2.05, 4.69) is 10.3 Å². The molecule has 0 radical (unpaired) electrons. The summed E-state index contributed by atoms with van der Waals surface area (Å²) in [6, 6.07) is 12.0. The molecule has 7 nitrogen and oxygen atoms in total. The molecule has 1 fully saturated rings. The minimum atomic E-state index is -3.68. The number of nitrogens with one attached hydrogen (secondary N) is 1. The summed E-state index contributed by atoms with van der Waals surface area (Å²) in [7, 11) is -3.68. The molecule has 0 atom stereocenters. The second-order valence-corrected chi connectivity index (χ2v) is 9.42. The largest absolute Gasteiger partial charge is 0.322 e. The molecule has 1 N–H and O–H groups in total. The number of urea groups is 1. The lowest BCUT2D eigenvalue weighted by Gasteiger charge is -2.34. The quantitative estimate of drug-likeness (QED) is 0.667. The van der Waals surface area contributed by atoms with Crippen molar-refractivity contribution in [3.05, 3.63) is 65.4 Å². The van der Waals surface area contributed by atoms with Crippen molar-refractivity contribution in [2.45, 2.75) is 11.8 Å². The number of benzene rings is 2. The number of amides is 2. The van der Waals surface area contributed by atoms with Gasteiger partial charge in [-0.25, -0.2) is 13.2 Å². The lowest BCUT2D eigenvalue weighted by molar-refractivity contribution is 0.184. The Hall–Kier alpha value is -2.68. The van der Waals surface area contributed by atoms with Crippen LogP contribution in [0.2, 0.25) is 5.02 Å².